The molecule has 1 amide bonds. The predicted molar refractivity (Wildman–Crippen MR) is 71.0 cm³/mol. The lowest BCUT2D eigenvalue weighted by Gasteiger charge is -2.10. The van der Waals surface area contributed by atoms with Crippen LogP contribution < -0.4 is 5.32 Å². The Morgan fingerprint density at radius 1 is 1.42 bits per heavy atom. The summed E-state index contributed by atoms with van der Waals surface area (Å²) in [6.45, 7) is 6.09. The van der Waals surface area contributed by atoms with Gasteiger partial charge in [-0.05, 0) is 11.8 Å². The molecule has 1 rings (SSSR count). The zero-order valence-electron chi connectivity index (χ0n) is 11.8. The first-order chi connectivity index (χ1) is 8.81. The van der Waals surface area contributed by atoms with Crippen LogP contribution in [-0.4, -0.2) is 33.3 Å². The summed E-state index contributed by atoms with van der Waals surface area (Å²) in [6.07, 6.45) is 1.73. The van der Waals surface area contributed by atoms with Crippen LogP contribution in [0.4, 0.5) is 0 Å². The second kappa shape index (κ2) is 6.36. The van der Waals surface area contributed by atoms with Crippen molar-refractivity contribution >= 4 is 11.9 Å². The van der Waals surface area contributed by atoms with E-state index < -0.39 is 5.97 Å². The maximum Gasteiger partial charge on any atom is 0.303 e. The number of amides is 1. The normalized spacial score (nSPS) is 12.5. The lowest BCUT2D eigenvalue weighted by molar-refractivity contribution is -0.137. The Bertz CT molecular complexity index is 466. The fraction of sp³-hybridized carbons (Fsp3) is 0.615. The number of rotatable bonds is 6. The van der Waals surface area contributed by atoms with Crippen molar-refractivity contribution in [3.63, 3.8) is 0 Å². The Morgan fingerprint density at radius 3 is 2.58 bits per heavy atom. The molecule has 0 saturated carbocycles. The Balaban J connectivity index is 2.66. The zero-order chi connectivity index (χ0) is 14.6. The molecule has 1 heterocycles. The molecule has 6 nitrogen and oxygen atoms in total. The van der Waals surface area contributed by atoms with E-state index in [2.05, 4.69) is 10.4 Å². The number of aromatic nitrogens is 2. The summed E-state index contributed by atoms with van der Waals surface area (Å²) in [4.78, 5) is 22.6. The van der Waals surface area contributed by atoms with E-state index in [9.17, 15) is 9.59 Å². The van der Waals surface area contributed by atoms with Gasteiger partial charge in [0.25, 0.3) is 5.91 Å². The average Bonchev–Trinajstić information content (AvgIpc) is 2.67. The van der Waals surface area contributed by atoms with E-state index in [4.69, 9.17) is 5.11 Å². The van der Waals surface area contributed by atoms with Crippen molar-refractivity contribution in [1.82, 2.24) is 15.1 Å². The molecule has 0 spiro atoms. The van der Waals surface area contributed by atoms with Crippen LogP contribution in [0.15, 0.2) is 6.20 Å². The molecule has 0 saturated heterocycles. The van der Waals surface area contributed by atoms with Gasteiger partial charge in [0.15, 0.2) is 0 Å². The molecule has 1 atom stereocenters. The number of hydrogen-bond donors (Lipinski definition) is 2. The van der Waals surface area contributed by atoms with Crippen molar-refractivity contribution in [2.75, 3.05) is 6.54 Å². The first kappa shape index (κ1) is 15.2. The second-order valence-electron chi connectivity index (χ2n) is 5.17. The number of aliphatic carboxylic acids is 1. The van der Waals surface area contributed by atoms with E-state index in [1.807, 2.05) is 13.8 Å². The zero-order valence-corrected chi connectivity index (χ0v) is 11.8. The Hall–Kier alpha value is -1.85. The third-order valence-corrected chi connectivity index (χ3v) is 2.78. The van der Waals surface area contributed by atoms with Crippen LogP contribution in [0, 0.1) is 5.92 Å². The molecule has 0 radical (unpaired) electrons. The van der Waals surface area contributed by atoms with Crippen molar-refractivity contribution in [2.45, 2.75) is 33.1 Å². The van der Waals surface area contributed by atoms with Gasteiger partial charge in [0.2, 0.25) is 0 Å². The highest BCUT2D eigenvalue weighted by Gasteiger charge is 2.18. The number of carbonyl (C=O) groups is 2. The fourth-order valence-electron chi connectivity index (χ4n) is 1.84. The van der Waals surface area contributed by atoms with Crippen molar-refractivity contribution in [2.24, 2.45) is 13.0 Å². The first-order valence-corrected chi connectivity index (χ1v) is 6.34. The third kappa shape index (κ3) is 4.39. The number of nitrogens with one attached hydrogen (secondary N) is 1. The van der Waals surface area contributed by atoms with Gasteiger partial charge in [0, 0.05) is 26.2 Å². The van der Waals surface area contributed by atoms with Gasteiger partial charge in [-0.2, -0.15) is 5.10 Å². The molecular formula is C13H21N3O3. The highest BCUT2D eigenvalue weighted by Crippen LogP contribution is 2.17. The molecule has 19 heavy (non-hydrogen) atoms. The van der Waals surface area contributed by atoms with Gasteiger partial charge < -0.3 is 10.4 Å². The van der Waals surface area contributed by atoms with Gasteiger partial charge in [-0.3, -0.25) is 14.3 Å². The monoisotopic (exact) mass is 267 g/mol. The smallest absolute Gasteiger partial charge is 0.303 e. The summed E-state index contributed by atoms with van der Waals surface area (Å²) in [5.74, 6) is -0.987. The van der Waals surface area contributed by atoms with Crippen molar-refractivity contribution in [3.05, 3.63) is 17.5 Å². The Kier molecular flexibility index (Phi) is 5.09. The number of nitrogens with zero attached hydrogens (tertiary/aromatic N) is 2. The standard InChI is InChI=1S/C13H21N3O3/c1-8(2)12-10(7-16(4)15-12)13(19)14-6-9(3)5-11(17)18/h7-9H,5-6H2,1-4H3,(H,14,19)(H,17,18). The highest BCUT2D eigenvalue weighted by molar-refractivity contribution is 5.95. The number of carbonyl (C=O) groups excluding carboxylic acids is 1. The lowest BCUT2D eigenvalue weighted by atomic mass is 10.1. The summed E-state index contributed by atoms with van der Waals surface area (Å²) in [5, 5.41) is 15.7. The molecule has 2 N–H and O–H groups in total. The first-order valence-electron chi connectivity index (χ1n) is 6.34. The number of hydrogen-bond acceptors (Lipinski definition) is 3. The molecule has 0 bridgehead atoms. The number of aryl methyl sites for hydroxylation is 1. The molecule has 0 aromatic carbocycles. The van der Waals surface area contributed by atoms with Gasteiger partial charge in [-0.15, -0.1) is 0 Å². The van der Waals surface area contributed by atoms with E-state index in [0.717, 1.165) is 5.69 Å². The predicted octanol–water partition coefficient (Wildman–Crippen LogP) is 1.38. The lowest BCUT2D eigenvalue weighted by Crippen LogP contribution is -2.29. The van der Waals surface area contributed by atoms with Crippen LogP contribution in [0.3, 0.4) is 0 Å². The largest absolute Gasteiger partial charge is 0.481 e. The summed E-state index contributed by atoms with van der Waals surface area (Å²) in [5.41, 5.74) is 1.31. The van der Waals surface area contributed by atoms with Gasteiger partial charge >= 0.3 is 5.97 Å². The number of carboxylic acid groups (broad SMARTS) is 1. The van der Waals surface area contributed by atoms with E-state index >= 15 is 0 Å². The molecule has 106 valence electrons. The minimum absolute atomic E-state index is 0.0460. The van der Waals surface area contributed by atoms with Gasteiger partial charge in [0.05, 0.1) is 11.3 Å². The van der Waals surface area contributed by atoms with Crippen molar-refractivity contribution < 1.29 is 14.7 Å². The van der Waals surface area contributed by atoms with Gasteiger partial charge in [-0.25, -0.2) is 0 Å². The van der Waals surface area contributed by atoms with Crippen LogP contribution in [0.2, 0.25) is 0 Å². The molecule has 6 heteroatoms. The minimum Gasteiger partial charge on any atom is -0.481 e. The van der Waals surface area contributed by atoms with Crippen molar-refractivity contribution in [1.29, 1.82) is 0 Å². The molecular weight excluding hydrogens is 246 g/mol. The minimum atomic E-state index is -0.856. The maximum atomic E-state index is 12.1. The molecule has 0 aliphatic carbocycles. The van der Waals surface area contributed by atoms with E-state index in [-0.39, 0.29) is 24.2 Å². The third-order valence-electron chi connectivity index (χ3n) is 2.78. The summed E-state index contributed by atoms with van der Waals surface area (Å²) < 4.78 is 1.62. The summed E-state index contributed by atoms with van der Waals surface area (Å²) in [7, 11) is 1.77. The molecule has 1 aromatic heterocycles. The molecule has 1 aromatic rings. The molecule has 0 aliphatic rings. The Labute approximate surface area is 112 Å². The van der Waals surface area contributed by atoms with Crippen LogP contribution >= 0.6 is 0 Å². The topological polar surface area (TPSA) is 84.2 Å². The van der Waals surface area contributed by atoms with Crippen LogP contribution in [0.1, 0.15) is 49.2 Å². The maximum absolute atomic E-state index is 12.1. The van der Waals surface area contributed by atoms with Gasteiger partial charge in [0.1, 0.15) is 0 Å². The van der Waals surface area contributed by atoms with Crippen LogP contribution in [0.25, 0.3) is 0 Å². The molecule has 0 aliphatic heterocycles. The quantitative estimate of drug-likeness (QED) is 0.815. The van der Waals surface area contributed by atoms with E-state index in [1.54, 1.807) is 24.9 Å². The van der Waals surface area contributed by atoms with E-state index in [0.29, 0.717) is 12.1 Å². The van der Waals surface area contributed by atoms with Crippen LogP contribution in [0.5, 0.6) is 0 Å². The molecule has 1 unspecified atom stereocenters. The summed E-state index contributed by atoms with van der Waals surface area (Å²) in [6, 6.07) is 0. The van der Waals surface area contributed by atoms with Crippen molar-refractivity contribution in [3.8, 4) is 0 Å². The summed E-state index contributed by atoms with van der Waals surface area (Å²) >= 11 is 0. The van der Waals surface area contributed by atoms with E-state index in [1.165, 1.54) is 0 Å². The highest BCUT2D eigenvalue weighted by atomic mass is 16.4. The average molecular weight is 267 g/mol. The molecule has 0 fully saturated rings. The SMILES string of the molecule is CC(CNC(=O)c1cn(C)nc1C(C)C)CC(=O)O. The fourth-order valence-corrected chi connectivity index (χ4v) is 1.84. The van der Waals surface area contributed by atoms with Gasteiger partial charge in [-0.1, -0.05) is 20.8 Å². The second-order valence-corrected chi connectivity index (χ2v) is 5.17. The number of carboxylic acids is 1. The van der Waals surface area contributed by atoms with Crippen LogP contribution in [-0.2, 0) is 11.8 Å². The Morgan fingerprint density at radius 2 is 2.05 bits per heavy atom.